The molecular formula is C11H11F3N2O4S. The van der Waals surface area contributed by atoms with E-state index >= 15 is 0 Å². The second-order valence-corrected chi connectivity index (χ2v) is 6.38. The molecule has 1 aliphatic heterocycles. The standard InChI is InChI=1S/C11H11F3N2O4S/c12-11(13,14)9-4-3-7(6-15-9)21(19,20)16-5-1-2-8(16)10(17)18/h3-4,6,8H,1-2,5H2,(H,17,18)/t8-/m0/s1. The third-order valence-corrected chi connectivity index (χ3v) is 5.01. The molecule has 1 atom stereocenters. The summed E-state index contributed by atoms with van der Waals surface area (Å²) in [6.07, 6.45) is -3.53. The molecule has 0 bridgehead atoms. The van der Waals surface area contributed by atoms with Crippen molar-refractivity contribution in [3.63, 3.8) is 0 Å². The molecule has 1 N–H and O–H groups in total. The highest BCUT2D eigenvalue weighted by Gasteiger charge is 2.40. The topological polar surface area (TPSA) is 87.6 Å². The first kappa shape index (κ1) is 15.7. The van der Waals surface area contributed by atoms with Crippen molar-refractivity contribution in [2.24, 2.45) is 0 Å². The van der Waals surface area contributed by atoms with Crippen LogP contribution in [0.4, 0.5) is 13.2 Å². The SMILES string of the molecule is O=C(O)[C@@H]1CCCN1S(=O)(=O)c1ccc(C(F)(F)F)nc1. The van der Waals surface area contributed by atoms with Crippen molar-refractivity contribution in [1.82, 2.24) is 9.29 Å². The van der Waals surface area contributed by atoms with Crippen molar-refractivity contribution in [1.29, 1.82) is 0 Å². The smallest absolute Gasteiger partial charge is 0.433 e. The van der Waals surface area contributed by atoms with Gasteiger partial charge in [-0.3, -0.25) is 9.78 Å². The van der Waals surface area contributed by atoms with Crippen LogP contribution in [0.25, 0.3) is 0 Å². The van der Waals surface area contributed by atoms with E-state index in [0.29, 0.717) is 18.7 Å². The summed E-state index contributed by atoms with van der Waals surface area (Å²) >= 11 is 0. The summed E-state index contributed by atoms with van der Waals surface area (Å²) < 4.78 is 62.4. The highest BCUT2D eigenvalue weighted by molar-refractivity contribution is 7.89. The molecule has 0 saturated carbocycles. The van der Waals surface area contributed by atoms with Crippen LogP contribution < -0.4 is 0 Å². The molecule has 1 aromatic rings. The van der Waals surface area contributed by atoms with Crippen LogP contribution in [0.5, 0.6) is 0 Å². The Labute approximate surface area is 118 Å². The summed E-state index contributed by atoms with van der Waals surface area (Å²) in [7, 11) is -4.17. The molecule has 0 unspecified atom stereocenters. The van der Waals surface area contributed by atoms with Gasteiger partial charge in [-0.1, -0.05) is 0 Å². The number of carboxylic acids is 1. The van der Waals surface area contributed by atoms with Gasteiger partial charge in [-0.05, 0) is 25.0 Å². The Morgan fingerprint density at radius 3 is 2.52 bits per heavy atom. The minimum Gasteiger partial charge on any atom is -0.480 e. The third kappa shape index (κ3) is 3.00. The predicted molar refractivity (Wildman–Crippen MR) is 63.8 cm³/mol. The number of carboxylic acid groups (broad SMARTS) is 1. The van der Waals surface area contributed by atoms with E-state index in [9.17, 15) is 26.4 Å². The van der Waals surface area contributed by atoms with Gasteiger partial charge < -0.3 is 5.11 Å². The molecule has 0 radical (unpaired) electrons. The Bertz CT molecular complexity index is 642. The van der Waals surface area contributed by atoms with Crippen LogP contribution in [0.3, 0.4) is 0 Å². The van der Waals surface area contributed by atoms with E-state index in [1.54, 1.807) is 0 Å². The van der Waals surface area contributed by atoms with Crippen LogP contribution in [0.1, 0.15) is 18.5 Å². The monoisotopic (exact) mass is 324 g/mol. The van der Waals surface area contributed by atoms with E-state index in [1.165, 1.54) is 0 Å². The summed E-state index contributed by atoms with van der Waals surface area (Å²) in [5.41, 5.74) is -1.21. The van der Waals surface area contributed by atoms with Gasteiger partial charge in [0.2, 0.25) is 10.0 Å². The maximum absolute atomic E-state index is 12.4. The Balaban J connectivity index is 2.34. The molecule has 2 heterocycles. The van der Waals surface area contributed by atoms with Crippen molar-refractivity contribution in [2.75, 3.05) is 6.54 Å². The van der Waals surface area contributed by atoms with E-state index < -0.39 is 38.8 Å². The van der Waals surface area contributed by atoms with E-state index in [0.717, 1.165) is 10.4 Å². The summed E-state index contributed by atoms with van der Waals surface area (Å²) in [4.78, 5) is 13.6. The number of hydrogen-bond acceptors (Lipinski definition) is 4. The molecule has 1 saturated heterocycles. The number of carbonyl (C=O) groups is 1. The molecule has 2 rings (SSSR count). The van der Waals surface area contributed by atoms with Gasteiger partial charge in [-0.15, -0.1) is 0 Å². The molecule has 1 fully saturated rings. The lowest BCUT2D eigenvalue weighted by atomic mass is 10.2. The van der Waals surface area contributed by atoms with Gasteiger partial charge in [0.15, 0.2) is 0 Å². The molecule has 1 aromatic heterocycles. The number of pyridine rings is 1. The number of rotatable bonds is 3. The average molecular weight is 324 g/mol. The maximum Gasteiger partial charge on any atom is 0.433 e. The van der Waals surface area contributed by atoms with Crippen LogP contribution in [-0.2, 0) is 21.0 Å². The highest BCUT2D eigenvalue weighted by Crippen LogP contribution is 2.30. The van der Waals surface area contributed by atoms with E-state index in [1.807, 2.05) is 0 Å². The zero-order valence-electron chi connectivity index (χ0n) is 10.5. The minimum absolute atomic E-state index is 0.0142. The van der Waals surface area contributed by atoms with Crippen LogP contribution >= 0.6 is 0 Å². The second kappa shape index (κ2) is 5.26. The fourth-order valence-electron chi connectivity index (χ4n) is 2.11. The number of aromatic nitrogens is 1. The normalized spacial score (nSPS) is 20.6. The van der Waals surface area contributed by atoms with Gasteiger partial charge in [0.1, 0.15) is 16.6 Å². The highest BCUT2D eigenvalue weighted by atomic mass is 32.2. The molecule has 21 heavy (non-hydrogen) atoms. The minimum atomic E-state index is -4.67. The molecule has 1 aliphatic rings. The van der Waals surface area contributed by atoms with Gasteiger partial charge in [-0.2, -0.15) is 17.5 Å². The van der Waals surface area contributed by atoms with E-state index in [4.69, 9.17) is 5.11 Å². The fourth-order valence-corrected chi connectivity index (χ4v) is 3.71. The molecule has 6 nitrogen and oxygen atoms in total. The quantitative estimate of drug-likeness (QED) is 0.906. The van der Waals surface area contributed by atoms with E-state index in [2.05, 4.69) is 4.98 Å². The maximum atomic E-state index is 12.4. The molecule has 0 aromatic carbocycles. The van der Waals surface area contributed by atoms with Crippen molar-refractivity contribution >= 4 is 16.0 Å². The predicted octanol–water partition coefficient (Wildman–Crippen LogP) is 1.34. The first-order chi connectivity index (χ1) is 9.64. The summed E-state index contributed by atoms with van der Waals surface area (Å²) in [6, 6.07) is 0.137. The Morgan fingerprint density at radius 2 is 2.05 bits per heavy atom. The molecule has 0 amide bonds. The number of sulfonamides is 1. The largest absolute Gasteiger partial charge is 0.480 e. The van der Waals surface area contributed by atoms with Crippen molar-refractivity contribution in [3.8, 4) is 0 Å². The summed E-state index contributed by atoms with van der Waals surface area (Å²) in [5.74, 6) is -1.28. The number of aliphatic carboxylic acids is 1. The molecule has 0 spiro atoms. The first-order valence-corrected chi connectivity index (χ1v) is 7.36. The zero-order chi connectivity index (χ0) is 15.8. The lowest BCUT2D eigenvalue weighted by Gasteiger charge is -2.20. The van der Waals surface area contributed by atoms with Gasteiger partial charge in [-0.25, -0.2) is 8.42 Å². The van der Waals surface area contributed by atoms with Gasteiger partial charge in [0.25, 0.3) is 0 Å². The number of nitrogens with zero attached hydrogens (tertiary/aromatic N) is 2. The Hall–Kier alpha value is -1.68. The fraction of sp³-hybridized carbons (Fsp3) is 0.455. The number of hydrogen-bond donors (Lipinski definition) is 1. The van der Waals surface area contributed by atoms with Crippen LogP contribution in [0, 0.1) is 0 Å². The molecule has 0 aliphatic carbocycles. The van der Waals surface area contributed by atoms with Crippen molar-refractivity contribution in [3.05, 3.63) is 24.0 Å². The molecular weight excluding hydrogens is 313 g/mol. The Kier molecular flexibility index (Phi) is 3.93. The van der Waals surface area contributed by atoms with Gasteiger partial charge in [0, 0.05) is 12.7 Å². The van der Waals surface area contributed by atoms with E-state index in [-0.39, 0.29) is 13.0 Å². The lowest BCUT2D eigenvalue weighted by molar-refractivity contribution is -0.141. The van der Waals surface area contributed by atoms with Gasteiger partial charge in [0.05, 0.1) is 0 Å². The number of alkyl halides is 3. The number of halogens is 3. The third-order valence-electron chi connectivity index (χ3n) is 3.12. The van der Waals surface area contributed by atoms with Crippen molar-refractivity contribution < 1.29 is 31.5 Å². The average Bonchev–Trinajstić information content (AvgIpc) is 2.88. The van der Waals surface area contributed by atoms with Crippen molar-refractivity contribution in [2.45, 2.75) is 30.0 Å². The van der Waals surface area contributed by atoms with Crippen LogP contribution in [-0.4, -0.2) is 41.4 Å². The second-order valence-electron chi connectivity index (χ2n) is 4.49. The van der Waals surface area contributed by atoms with Gasteiger partial charge >= 0.3 is 12.1 Å². The summed E-state index contributed by atoms with van der Waals surface area (Å²) in [6.45, 7) is 0.0142. The zero-order valence-corrected chi connectivity index (χ0v) is 11.4. The molecule has 10 heteroatoms. The first-order valence-electron chi connectivity index (χ1n) is 5.92. The van der Waals surface area contributed by atoms with Crippen LogP contribution in [0.2, 0.25) is 0 Å². The lowest BCUT2D eigenvalue weighted by Crippen LogP contribution is -2.40. The molecule has 116 valence electrons. The summed E-state index contributed by atoms with van der Waals surface area (Å²) in [5, 5.41) is 8.97. The Morgan fingerprint density at radius 1 is 1.38 bits per heavy atom. The van der Waals surface area contributed by atoms with Crippen LogP contribution in [0.15, 0.2) is 23.2 Å².